The summed E-state index contributed by atoms with van der Waals surface area (Å²) in [6.45, 7) is 2.22. The van der Waals surface area contributed by atoms with Gasteiger partial charge < -0.3 is 15.7 Å². The molecule has 3 N–H and O–H groups in total. The molecule has 0 spiro atoms. The Hall–Kier alpha value is -2.15. The summed E-state index contributed by atoms with van der Waals surface area (Å²) in [7, 11) is 0. The first-order chi connectivity index (χ1) is 14.4. The molecular weight excluding hydrogens is 400 g/mol. The molecule has 0 aliphatic heterocycles. The van der Waals surface area contributed by atoms with E-state index in [1.807, 2.05) is 12.2 Å². The molecule has 0 unspecified atom stereocenters. The Morgan fingerprint density at radius 2 is 1.73 bits per heavy atom. The highest BCUT2D eigenvalue weighted by Crippen LogP contribution is 2.46. The molecule has 7 heteroatoms. The summed E-state index contributed by atoms with van der Waals surface area (Å²) in [5, 5.41) is 16.5. The molecular formula is C23H28N2O4S. The standard InChI is InChI=1S/C23H28N2O4S/c1-11-2-9-15-16(10-11)30-22(19(15)21(27)24-14-7-8-14)25-20(26)17-12-3-5-13(6-4-12)18(17)23(28)29/h3,5,11-14,17-18H,2,4,6-10H2,1H3,(H,24,27)(H,25,26)(H,28,29)/t11-,12-,13-,17+,18-/m0/s1. The SMILES string of the molecule is C[C@H]1CCc2c(sc(NC(=O)[C@H]3[C@@H](C(=O)O)[C@H]4C=C[C@H]3CC4)c2C(=O)NC2CC2)C1. The largest absolute Gasteiger partial charge is 0.481 e. The number of thiophene rings is 1. The van der Waals surface area contributed by atoms with E-state index in [9.17, 15) is 19.5 Å². The number of carbonyl (C=O) groups excluding carboxylic acids is 2. The monoisotopic (exact) mass is 428 g/mol. The van der Waals surface area contributed by atoms with Gasteiger partial charge >= 0.3 is 5.97 Å². The van der Waals surface area contributed by atoms with Gasteiger partial charge in [0.2, 0.25) is 5.91 Å². The van der Waals surface area contributed by atoms with Gasteiger partial charge in [-0.15, -0.1) is 11.3 Å². The number of amides is 2. The molecule has 0 radical (unpaired) electrons. The average molecular weight is 429 g/mol. The van der Waals surface area contributed by atoms with Crippen LogP contribution in [0.15, 0.2) is 12.2 Å². The summed E-state index contributed by atoms with van der Waals surface area (Å²) in [5.74, 6) is -2.09. The van der Waals surface area contributed by atoms with Crippen LogP contribution in [0.3, 0.4) is 0 Å². The molecule has 6 rings (SSSR count). The van der Waals surface area contributed by atoms with E-state index in [0.29, 0.717) is 16.5 Å². The van der Waals surface area contributed by atoms with Gasteiger partial charge in [-0.1, -0.05) is 19.1 Å². The van der Waals surface area contributed by atoms with Crippen LogP contribution in [0.25, 0.3) is 0 Å². The number of nitrogens with one attached hydrogen (secondary N) is 2. The van der Waals surface area contributed by atoms with E-state index in [4.69, 9.17) is 0 Å². The van der Waals surface area contributed by atoms with Crippen LogP contribution in [0.2, 0.25) is 0 Å². The molecule has 0 aromatic carbocycles. The molecule has 1 aromatic rings. The van der Waals surface area contributed by atoms with Crippen LogP contribution in [0, 0.1) is 29.6 Å². The van der Waals surface area contributed by atoms with Crippen LogP contribution in [-0.2, 0) is 22.4 Å². The molecule has 0 saturated heterocycles. The van der Waals surface area contributed by atoms with E-state index in [0.717, 1.165) is 50.5 Å². The highest BCUT2D eigenvalue weighted by molar-refractivity contribution is 7.17. The number of aliphatic carboxylic acids is 1. The second kappa shape index (κ2) is 7.52. The van der Waals surface area contributed by atoms with Crippen LogP contribution >= 0.6 is 11.3 Å². The van der Waals surface area contributed by atoms with E-state index in [2.05, 4.69) is 17.6 Å². The van der Waals surface area contributed by atoms with Gasteiger partial charge in [0.05, 0.1) is 17.4 Å². The Kier molecular flexibility index (Phi) is 4.96. The molecule has 30 heavy (non-hydrogen) atoms. The quantitative estimate of drug-likeness (QED) is 0.624. The van der Waals surface area contributed by atoms with Crippen molar-refractivity contribution in [3.8, 4) is 0 Å². The first-order valence-corrected chi connectivity index (χ1v) is 11.9. The van der Waals surface area contributed by atoms with Crippen molar-refractivity contribution in [1.82, 2.24) is 5.32 Å². The van der Waals surface area contributed by atoms with Crippen LogP contribution in [0.4, 0.5) is 5.00 Å². The lowest BCUT2D eigenvalue weighted by Crippen LogP contribution is -2.47. The van der Waals surface area contributed by atoms with E-state index in [1.54, 1.807) is 0 Å². The Labute approximate surface area is 180 Å². The summed E-state index contributed by atoms with van der Waals surface area (Å²) >= 11 is 1.51. The third-order valence-electron chi connectivity index (χ3n) is 7.22. The summed E-state index contributed by atoms with van der Waals surface area (Å²) < 4.78 is 0. The molecule has 1 aromatic heterocycles. The van der Waals surface area contributed by atoms with Crippen molar-refractivity contribution < 1.29 is 19.5 Å². The van der Waals surface area contributed by atoms with Crippen LogP contribution in [-0.4, -0.2) is 28.9 Å². The number of hydrogen-bond donors (Lipinski definition) is 3. The smallest absolute Gasteiger partial charge is 0.307 e. The zero-order valence-electron chi connectivity index (χ0n) is 17.1. The molecule has 5 aliphatic rings. The maximum Gasteiger partial charge on any atom is 0.307 e. The number of allylic oxidation sites excluding steroid dienone is 2. The molecule has 2 bridgehead atoms. The van der Waals surface area contributed by atoms with E-state index in [-0.39, 0.29) is 29.7 Å². The van der Waals surface area contributed by atoms with Crippen molar-refractivity contribution in [2.75, 3.05) is 5.32 Å². The first-order valence-electron chi connectivity index (χ1n) is 11.1. The zero-order chi connectivity index (χ0) is 21.0. The molecule has 2 saturated carbocycles. The second-order valence-electron chi connectivity index (χ2n) is 9.47. The maximum atomic E-state index is 13.3. The third-order valence-corrected chi connectivity index (χ3v) is 8.39. The van der Waals surface area contributed by atoms with Crippen LogP contribution in [0.5, 0.6) is 0 Å². The summed E-state index contributed by atoms with van der Waals surface area (Å²) in [5.41, 5.74) is 1.69. The lowest BCUT2D eigenvalue weighted by atomic mass is 9.62. The van der Waals surface area contributed by atoms with Gasteiger partial charge in [0.1, 0.15) is 5.00 Å². The average Bonchev–Trinajstić information content (AvgIpc) is 3.46. The van der Waals surface area contributed by atoms with Gasteiger partial charge in [0.25, 0.3) is 5.91 Å². The minimum Gasteiger partial charge on any atom is -0.481 e. The highest BCUT2D eigenvalue weighted by atomic mass is 32.1. The fourth-order valence-corrected chi connectivity index (χ4v) is 6.86. The third kappa shape index (κ3) is 3.47. The van der Waals surface area contributed by atoms with Crippen LogP contribution in [0.1, 0.15) is 59.8 Å². The Morgan fingerprint density at radius 3 is 2.37 bits per heavy atom. The molecule has 2 amide bonds. The number of carboxylic acid groups (broad SMARTS) is 1. The molecule has 5 atom stereocenters. The summed E-state index contributed by atoms with van der Waals surface area (Å²) in [4.78, 5) is 39.5. The molecule has 2 fully saturated rings. The van der Waals surface area contributed by atoms with Gasteiger partial charge in [0.15, 0.2) is 0 Å². The summed E-state index contributed by atoms with van der Waals surface area (Å²) in [6.07, 6.45) is 10.5. The molecule has 160 valence electrons. The lowest BCUT2D eigenvalue weighted by molar-refractivity contribution is -0.151. The molecule has 5 aliphatic carbocycles. The molecule has 6 nitrogen and oxygen atoms in total. The topological polar surface area (TPSA) is 95.5 Å². The van der Waals surface area contributed by atoms with Gasteiger partial charge in [-0.3, -0.25) is 14.4 Å². The fraction of sp³-hybridized carbons (Fsp3) is 0.609. The second-order valence-corrected chi connectivity index (χ2v) is 10.6. The van der Waals surface area contributed by atoms with Crippen LogP contribution < -0.4 is 10.6 Å². The van der Waals surface area contributed by atoms with Crippen molar-refractivity contribution in [2.24, 2.45) is 29.6 Å². The predicted molar refractivity (Wildman–Crippen MR) is 115 cm³/mol. The van der Waals surface area contributed by atoms with E-state index < -0.39 is 17.8 Å². The normalized spacial score (nSPS) is 31.8. The number of rotatable bonds is 5. The number of fused-ring (bicyclic) bond motifs is 3. The summed E-state index contributed by atoms with van der Waals surface area (Å²) in [6, 6.07) is 0.245. The van der Waals surface area contributed by atoms with Gasteiger partial charge in [-0.05, 0) is 68.3 Å². The minimum absolute atomic E-state index is 0.0468. The Morgan fingerprint density at radius 1 is 1.03 bits per heavy atom. The van der Waals surface area contributed by atoms with Crippen molar-refractivity contribution in [2.45, 2.75) is 57.9 Å². The van der Waals surface area contributed by atoms with Crippen molar-refractivity contribution >= 4 is 34.1 Å². The van der Waals surface area contributed by atoms with Crippen molar-refractivity contribution in [3.05, 3.63) is 28.2 Å². The van der Waals surface area contributed by atoms with Gasteiger partial charge in [0, 0.05) is 10.9 Å². The number of anilines is 1. The fourth-order valence-electron chi connectivity index (χ4n) is 5.45. The first kappa shape index (κ1) is 19.8. The molecule has 1 heterocycles. The van der Waals surface area contributed by atoms with Crippen molar-refractivity contribution in [1.29, 1.82) is 0 Å². The Balaban J connectivity index is 1.45. The maximum absolute atomic E-state index is 13.3. The van der Waals surface area contributed by atoms with Crippen molar-refractivity contribution in [3.63, 3.8) is 0 Å². The lowest BCUT2D eigenvalue weighted by Gasteiger charge is -2.41. The predicted octanol–water partition coefficient (Wildman–Crippen LogP) is 3.62. The number of carbonyl (C=O) groups is 3. The highest BCUT2D eigenvalue weighted by Gasteiger charge is 2.48. The zero-order valence-corrected chi connectivity index (χ0v) is 18.0. The van der Waals surface area contributed by atoms with Gasteiger partial charge in [-0.2, -0.15) is 0 Å². The number of hydrogen-bond acceptors (Lipinski definition) is 4. The number of carboxylic acids is 1. The minimum atomic E-state index is -0.903. The van der Waals surface area contributed by atoms with Gasteiger partial charge in [-0.25, -0.2) is 0 Å². The Bertz CT molecular complexity index is 932. The van der Waals surface area contributed by atoms with E-state index >= 15 is 0 Å². The van der Waals surface area contributed by atoms with E-state index in [1.165, 1.54) is 16.2 Å².